The fourth-order valence-corrected chi connectivity index (χ4v) is 6.31. The second-order valence-electron chi connectivity index (χ2n) is 11.5. The third-order valence-electron chi connectivity index (χ3n) is 8.72. The SMILES string of the molecule is CN1CCN(C2=CC=CCc3[nH]c(-c4n[nH]c5ncc(-c6cncc(NC(=O)C7CCCCC7)c6)cc45)cc32)CC1. The Labute approximate surface area is 239 Å². The maximum absolute atomic E-state index is 12.8. The Hall–Kier alpha value is -4.24. The minimum absolute atomic E-state index is 0.0944. The summed E-state index contributed by atoms with van der Waals surface area (Å²) in [6.07, 6.45) is 18.2. The molecule has 1 amide bonds. The number of nitrogens with zero attached hydrogens (tertiary/aromatic N) is 5. The molecule has 1 saturated carbocycles. The summed E-state index contributed by atoms with van der Waals surface area (Å²) in [4.78, 5) is 30.5. The summed E-state index contributed by atoms with van der Waals surface area (Å²) in [5.41, 5.74) is 8.80. The zero-order valence-electron chi connectivity index (χ0n) is 23.5. The monoisotopic (exact) mass is 548 g/mol. The van der Waals surface area contributed by atoms with Crippen LogP contribution in [0.1, 0.15) is 43.4 Å². The molecule has 0 radical (unpaired) electrons. The Morgan fingerprint density at radius 3 is 2.68 bits per heavy atom. The zero-order chi connectivity index (χ0) is 27.8. The number of hydrogen-bond acceptors (Lipinski definition) is 6. The number of piperazine rings is 1. The number of pyridine rings is 2. The lowest BCUT2D eigenvalue weighted by molar-refractivity contribution is -0.120. The molecule has 3 N–H and O–H groups in total. The van der Waals surface area contributed by atoms with Gasteiger partial charge >= 0.3 is 0 Å². The van der Waals surface area contributed by atoms with Gasteiger partial charge in [0, 0.05) is 84.4 Å². The highest BCUT2D eigenvalue weighted by atomic mass is 16.1. The number of aromatic nitrogens is 5. The molecule has 0 spiro atoms. The van der Waals surface area contributed by atoms with Gasteiger partial charge < -0.3 is 20.1 Å². The second kappa shape index (κ2) is 11.0. The lowest BCUT2D eigenvalue weighted by atomic mass is 9.88. The topological polar surface area (TPSA) is 106 Å². The van der Waals surface area contributed by atoms with Crippen LogP contribution in [0.3, 0.4) is 0 Å². The van der Waals surface area contributed by atoms with Crippen molar-refractivity contribution >= 4 is 28.3 Å². The van der Waals surface area contributed by atoms with Gasteiger partial charge in [0.1, 0.15) is 5.69 Å². The van der Waals surface area contributed by atoms with E-state index in [0.717, 1.165) is 97.5 Å². The van der Waals surface area contributed by atoms with Gasteiger partial charge in [0.25, 0.3) is 0 Å². The summed E-state index contributed by atoms with van der Waals surface area (Å²) in [5.74, 6) is 0.192. The summed E-state index contributed by atoms with van der Waals surface area (Å²) < 4.78 is 0. The summed E-state index contributed by atoms with van der Waals surface area (Å²) >= 11 is 0. The van der Waals surface area contributed by atoms with Gasteiger partial charge in [0.05, 0.1) is 17.6 Å². The average molecular weight is 549 g/mol. The van der Waals surface area contributed by atoms with Crippen molar-refractivity contribution in [3.63, 3.8) is 0 Å². The Morgan fingerprint density at radius 2 is 1.83 bits per heavy atom. The van der Waals surface area contributed by atoms with Crippen LogP contribution in [0.2, 0.25) is 0 Å². The number of amides is 1. The van der Waals surface area contributed by atoms with E-state index in [4.69, 9.17) is 0 Å². The summed E-state index contributed by atoms with van der Waals surface area (Å²) in [6.45, 7) is 4.16. The molecule has 9 heteroatoms. The molecule has 0 aromatic carbocycles. The molecular formula is C32H36N8O. The van der Waals surface area contributed by atoms with Crippen LogP contribution in [0.4, 0.5) is 5.69 Å². The van der Waals surface area contributed by atoms with Gasteiger partial charge in [0.15, 0.2) is 5.65 Å². The van der Waals surface area contributed by atoms with Gasteiger partial charge in [-0.3, -0.25) is 14.9 Å². The molecule has 5 heterocycles. The number of anilines is 1. The van der Waals surface area contributed by atoms with Crippen LogP contribution in [0.25, 0.3) is 39.2 Å². The number of likely N-dealkylation sites (N-methyl/N-ethyl adjacent to an activating group) is 1. The molecule has 2 fully saturated rings. The van der Waals surface area contributed by atoms with Crippen molar-refractivity contribution in [2.75, 3.05) is 38.5 Å². The molecule has 4 aromatic rings. The largest absolute Gasteiger partial charge is 0.368 e. The molecule has 0 atom stereocenters. The van der Waals surface area contributed by atoms with Crippen molar-refractivity contribution in [2.24, 2.45) is 5.92 Å². The Bertz CT molecular complexity index is 1630. The van der Waals surface area contributed by atoms with E-state index in [1.807, 2.05) is 18.5 Å². The molecule has 0 unspecified atom stereocenters. The highest BCUT2D eigenvalue weighted by molar-refractivity contribution is 5.95. The van der Waals surface area contributed by atoms with E-state index in [2.05, 4.69) is 77.7 Å². The molecule has 1 saturated heterocycles. The number of fused-ring (bicyclic) bond motifs is 2. The van der Waals surface area contributed by atoms with Crippen molar-refractivity contribution in [3.05, 3.63) is 66.3 Å². The van der Waals surface area contributed by atoms with E-state index >= 15 is 0 Å². The first-order valence-corrected chi connectivity index (χ1v) is 14.8. The third-order valence-corrected chi connectivity index (χ3v) is 8.72. The fraction of sp³-hybridized carbons (Fsp3) is 0.375. The molecule has 1 aliphatic heterocycles. The number of H-pyrrole nitrogens is 2. The number of hydrogen-bond donors (Lipinski definition) is 3. The third kappa shape index (κ3) is 5.17. The number of aromatic amines is 2. The minimum atomic E-state index is 0.0944. The van der Waals surface area contributed by atoms with Crippen molar-refractivity contribution in [3.8, 4) is 22.5 Å². The van der Waals surface area contributed by atoms with Gasteiger partial charge in [-0.1, -0.05) is 31.4 Å². The Morgan fingerprint density at radius 1 is 1.00 bits per heavy atom. The Kier molecular flexibility index (Phi) is 6.88. The van der Waals surface area contributed by atoms with Gasteiger partial charge in [0.2, 0.25) is 5.91 Å². The van der Waals surface area contributed by atoms with Gasteiger partial charge in [-0.2, -0.15) is 5.10 Å². The van der Waals surface area contributed by atoms with Crippen LogP contribution in [0, 0.1) is 5.92 Å². The van der Waals surface area contributed by atoms with Crippen molar-refractivity contribution < 1.29 is 4.79 Å². The van der Waals surface area contributed by atoms with E-state index in [9.17, 15) is 4.79 Å². The van der Waals surface area contributed by atoms with Crippen LogP contribution in [-0.2, 0) is 11.2 Å². The van der Waals surface area contributed by atoms with Crippen molar-refractivity contribution in [1.29, 1.82) is 0 Å². The van der Waals surface area contributed by atoms with Gasteiger partial charge in [-0.15, -0.1) is 0 Å². The first-order valence-electron chi connectivity index (χ1n) is 14.8. The van der Waals surface area contributed by atoms with Crippen molar-refractivity contribution in [1.82, 2.24) is 34.9 Å². The lowest BCUT2D eigenvalue weighted by Gasteiger charge is -2.35. The normalized spacial score (nSPS) is 18.3. The molecule has 3 aliphatic rings. The molecule has 9 nitrogen and oxygen atoms in total. The molecule has 2 aliphatic carbocycles. The van der Waals surface area contributed by atoms with Crippen LogP contribution in [0.15, 0.2) is 55.0 Å². The lowest BCUT2D eigenvalue weighted by Crippen LogP contribution is -2.43. The predicted molar refractivity (Wildman–Crippen MR) is 162 cm³/mol. The van der Waals surface area contributed by atoms with Crippen molar-refractivity contribution in [2.45, 2.75) is 38.5 Å². The molecular weight excluding hydrogens is 512 g/mol. The summed E-state index contributed by atoms with van der Waals surface area (Å²) in [6, 6.07) is 6.32. The minimum Gasteiger partial charge on any atom is -0.368 e. The number of allylic oxidation sites excluding steroid dienone is 3. The zero-order valence-corrected chi connectivity index (χ0v) is 23.5. The first kappa shape index (κ1) is 25.7. The van der Waals surface area contributed by atoms with Gasteiger partial charge in [-0.25, -0.2) is 4.98 Å². The standard InChI is InChI=1S/C32H36N8O/c1-39-11-13-40(14-12-39)29-10-6-5-9-27-25(29)17-28(36-27)30-26-16-23(19-34-31(26)38-37-30)22-15-24(20-33-18-22)35-32(41)21-7-3-2-4-8-21/h5-6,10,15-21,36H,2-4,7-9,11-14H2,1H3,(H,35,41)(H,34,37,38). The average Bonchev–Trinajstić information content (AvgIpc) is 3.57. The number of nitrogens with one attached hydrogen (secondary N) is 3. The number of rotatable bonds is 5. The van der Waals surface area contributed by atoms with Crippen LogP contribution < -0.4 is 5.32 Å². The van der Waals surface area contributed by atoms with Gasteiger partial charge in [-0.05, 0) is 44.2 Å². The smallest absolute Gasteiger partial charge is 0.227 e. The van der Waals surface area contributed by atoms with E-state index in [-0.39, 0.29) is 11.8 Å². The highest BCUT2D eigenvalue weighted by Crippen LogP contribution is 2.34. The maximum atomic E-state index is 12.8. The van der Waals surface area contributed by atoms with E-state index in [0.29, 0.717) is 0 Å². The quantitative estimate of drug-likeness (QED) is 0.315. The first-order chi connectivity index (χ1) is 20.1. The van der Waals surface area contributed by atoms with E-state index in [1.54, 1.807) is 6.20 Å². The van der Waals surface area contributed by atoms with E-state index in [1.165, 1.54) is 23.4 Å². The number of carbonyl (C=O) groups is 1. The maximum Gasteiger partial charge on any atom is 0.227 e. The molecule has 210 valence electrons. The predicted octanol–water partition coefficient (Wildman–Crippen LogP) is 5.23. The molecule has 7 rings (SSSR count). The molecule has 41 heavy (non-hydrogen) atoms. The Balaban J connectivity index is 1.18. The molecule has 0 bridgehead atoms. The second-order valence-corrected chi connectivity index (χ2v) is 11.5. The summed E-state index contributed by atoms with van der Waals surface area (Å²) in [7, 11) is 2.18. The number of carbonyl (C=O) groups excluding carboxylic acids is 1. The fourth-order valence-electron chi connectivity index (χ4n) is 6.31. The van der Waals surface area contributed by atoms with Crippen LogP contribution in [-0.4, -0.2) is 74.1 Å². The highest BCUT2D eigenvalue weighted by Gasteiger charge is 2.24. The summed E-state index contributed by atoms with van der Waals surface area (Å²) in [5, 5.41) is 11.8. The van der Waals surface area contributed by atoms with Crippen LogP contribution >= 0.6 is 0 Å². The van der Waals surface area contributed by atoms with E-state index < -0.39 is 0 Å². The van der Waals surface area contributed by atoms with Crippen LogP contribution in [0.5, 0.6) is 0 Å². The molecule has 4 aromatic heterocycles.